The van der Waals surface area contributed by atoms with Crippen LogP contribution in [-0.4, -0.2) is 23.9 Å². The van der Waals surface area contributed by atoms with E-state index in [9.17, 15) is 14.7 Å². The zero-order valence-corrected chi connectivity index (χ0v) is 20.1. The Balaban J connectivity index is 1.93. The van der Waals surface area contributed by atoms with E-state index in [0.29, 0.717) is 17.0 Å². The molecule has 0 bridgehead atoms. The molecule has 1 fully saturated rings. The van der Waals surface area contributed by atoms with E-state index in [1.165, 1.54) is 4.90 Å². The van der Waals surface area contributed by atoms with Crippen LogP contribution in [0.4, 0.5) is 5.69 Å². The third-order valence-corrected chi connectivity index (χ3v) is 6.26. The van der Waals surface area contributed by atoms with Crippen LogP contribution in [0.15, 0.2) is 78.4 Å². The quantitative estimate of drug-likeness (QED) is 0.301. The summed E-state index contributed by atoms with van der Waals surface area (Å²) in [5, 5.41) is 11.4. The Kier molecular flexibility index (Phi) is 6.05. The van der Waals surface area contributed by atoms with Gasteiger partial charge in [0.25, 0.3) is 11.7 Å². The monoisotopic (exact) mass is 455 g/mol. The fourth-order valence-electron chi connectivity index (χ4n) is 4.34. The fourth-order valence-corrected chi connectivity index (χ4v) is 4.34. The number of ketones is 1. The molecule has 1 amide bonds. The van der Waals surface area contributed by atoms with E-state index >= 15 is 0 Å². The van der Waals surface area contributed by atoms with Crippen LogP contribution in [0.5, 0.6) is 5.75 Å². The molecule has 1 heterocycles. The molecule has 3 aromatic rings. The Hall–Kier alpha value is -3.86. The Labute approximate surface area is 200 Å². The first-order chi connectivity index (χ1) is 16.1. The molecule has 4 rings (SSSR count). The number of aryl methyl sites for hydroxylation is 1. The summed E-state index contributed by atoms with van der Waals surface area (Å²) in [4.78, 5) is 28.0. The highest BCUT2D eigenvalue weighted by molar-refractivity contribution is 6.51. The predicted octanol–water partition coefficient (Wildman–Crippen LogP) is 5.93. The molecule has 1 aliphatic heterocycles. The number of ether oxygens (including phenoxy) is 1. The first-order valence-corrected chi connectivity index (χ1v) is 11.2. The number of para-hydroxylation sites is 1. The van der Waals surface area contributed by atoms with Gasteiger partial charge in [0, 0.05) is 11.3 Å². The molecule has 1 atom stereocenters. The minimum atomic E-state index is -0.752. The van der Waals surface area contributed by atoms with Crippen molar-refractivity contribution in [3.05, 3.63) is 101 Å². The van der Waals surface area contributed by atoms with Gasteiger partial charge in [0.05, 0.1) is 18.7 Å². The van der Waals surface area contributed by atoms with E-state index in [-0.39, 0.29) is 16.7 Å². The maximum atomic E-state index is 13.3. The van der Waals surface area contributed by atoms with Gasteiger partial charge in [-0.25, -0.2) is 0 Å². The summed E-state index contributed by atoms with van der Waals surface area (Å²) < 4.78 is 5.27. The van der Waals surface area contributed by atoms with Gasteiger partial charge in [-0.15, -0.1) is 0 Å². The van der Waals surface area contributed by atoms with Gasteiger partial charge < -0.3 is 9.84 Å². The van der Waals surface area contributed by atoms with Gasteiger partial charge in [0.2, 0.25) is 0 Å². The van der Waals surface area contributed by atoms with Crippen LogP contribution in [-0.2, 0) is 15.0 Å². The molecule has 1 saturated heterocycles. The van der Waals surface area contributed by atoms with E-state index in [2.05, 4.69) is 20.8 Å². The summed E-state index contributed by atoms with van der Waals surface area (Å²) >= 11 is 0. The molecule has 1 aliphatic rings. The molecule has 0 aliphatic carbocycles. The number of rotatable bonds is 4. The number of carbonyl (C=O) groups excluding carboxylic acids is 2. The number of amides is 1. The molecule has 3 aromatic carbocycles. The van der Waals surface area contributed by atoms with Crippen LogP contribution in [0.2, 0.25) is 0 Å². The molecular formula is C29H29NO4. The zero-order valence-electron chi connectivity index (χ0n) is 20.1. The second kappa shape index (κ2) is 8.82. The SMILES string of the molecule is COc1ccc(/C(O)=C2/C(=O)C(=O)N(c3ccccc3)C2c2ccc(C(C)(C)C)cc2)c(C)c1. The molecule has 0 spiro atoms. The number of methoxy groups -OCH3 is 1. The number of anilines is 1. The van der Waals surface area contributed by atoms with Crippen molar-refractivity contribution in [1.82, 2.24) is 0 Å². The van der Waals surface area contributed by atoms with Gasteiger partial charge in [-0.2, -0.15) is 0 Å². The Bertz CT molecular complexity index is 1270. The molecule has 34 heavy (non-hydrogen) atoms. The average molecular weight is 456 g/mol. The lowest BCUT2D eigenvalue weighted by Gasteiger charge is -2.26. The summed E-state index contributed by atoms with van der Waals surface area (Å²) in [5.41, 5.74) is 3.75. The third kappa shape index (κ3) is 4.10. The third-order valence-electron chi connectivity index (χ3n) is 6.26. The molecular weight excluding hydrogens is 426 g/mol. The average Bonchev–Trinajstić information content (AvgIpc) is 3.09. The lowest BCUT2D eigenvalue weighted by molar-refractivity contribution is -0.132. The van der Waals surface area contributed by atoms with Crippen LogP contribution in [0.3, 0.4) is 0 Å². The molecule has 0 aromatic heterocycles. The lowest BCUT2D eigenvalue weighted by atomic mass is 9.85. The number of hydrogen-bond donors (Lipinski definition) is 1. The first kappa shape index (κ1) is 23.3. The van der Waals surface area contributed by atoms with Crippen molar-refractivity contribution in [2.75, 3.05) is 12.0 Å². The summed E-state index contributed by atoms with van der Waals surface area (Å²) in [6.45, 7) is 8.22. The van der Waals surface area contributed by atoms with E-state index in [4.69, 9.17) is 4.74 Å². The van der Waals surface area contributed by atoms with Crippen molar-refractivity contribution < 1.29 is 19.4 Å². The fraction of sp³-hybridized carbons (Fsp3) is 0.241. The Morgan fingerprint density at radius 3 is 2.15 bits per heavy atom. The topological polar surface area (TPSA) is 66.8 Å². The van der Waals surface area contributed by atoms with Gasteiger partial charge in [-0.3, -0.25) is 14.5 Å². The summed E-state index contributed by atoms with van der Waals surface area (Å²) in [6.07, 6.45) is 0. The number of Topliss-reactive ketones (excluding diaryl/α,β-unsaturated/α-hetero) is 1. The van der Waals surface area contributed by atoms with Gasteiger partial charge in [0.1, 0.15) is 11.5 Å². The second-order valence-electron chi connectivity index (χ2n) is 9.56. The van der Waals surface area contributed by atoms with Crippen LogP contribution < -0.4 is 9.64 Å². The number of hydrogen-bond acceptors (Lipinski definition) is 4. The van der Waals surface area contributed by atoms with Crippen molar-refractivity contribution in [1.29, 1.82) is 0 Å². The molecule has 1 N–H and O–H groups in total. The lowest BCUT2D eigenvalue weighted by Crippen LogP contribution is -2.29. The number of carbonyl (C=O) groups is 2. The predicted molar refractivity (Wildman–Crippen MR) is 134 cm³/mol. The Morgan fingerprint density at radius 1 is 0.941 bits per heavy atom. The van der Waals surface area contributed by atoms with Crippen LogP contribution in [0.1, 0.15) is 49.1 Å². The largest absolute Gasteiger partial charge is 0.507 e. The summed E-state index contributed by atoms with van der Waals surface area (Å²) in [5.74, 6) is -0.916. The maximum absolute atomic E-state index is 13.3. The molecule has 0 radical (unpaired) electrons. The van der Waals surface area contributed by atoms with E-state index in [0.717, 1.165) is 16.7 Å². The molecule has 5 nitrogen and oxygen atoms in total. The maximum Gasteiger partial charge on any atom is 0.300 e. The first-order valence-electron chi connectivity index (χ1n) is 11.2. The number of aliphatic hydroxyl groups excluding tert-OH is 1. The van der Waals surface area contributed by atoms with Gasteiger partial charge in [-0.05, 0) is 59.4 Å². The molecule has 174 valence electrons. The van der Waals surface area contributed by atoms with E-state index < -0.39 is 17.7 Å². The number of benzene rings is 3. The number of aliphatic hydroxyl groups is 1. The zero-order chi connectivity index (χ0) is 24.6. The van der Waals surface area contributed by atoms with E-state index in [1.807, 2.05) is 49.4 Å². The van der Waals surface area contributed by atoms with Gasteiger partial charge in [-0.1, -0.05) is 63.2 Å². The van der Waals surface area contributed by atoms with Crippen LogP contribution in [0.25, 0.3) is 5.76 Å². The summed E-state index contributed by atoms with van der Waals surface area (Å²) in [7, 11) is 1.57. The van der Waals surface area contributed by atoms with Crippen LogP contribution >= 0.6 is 0 Å². The van der Waals surface area contributed by atoms with Gasteiger partial charge in [0.15, 0.2) is 0 Å². The van der Waals surface area contributed by atoms with Crippen molar-refractivity contribution >= 4 is 23.1 Å². The van der Waals surface area contributed by atoms with Gasteiger partial charge >= 0.3 is 0 Å². The minimum absolute atomic E-state index is 0.0417. The summed E-state index contributed by atoms with van der Waals surface area (Å²) in [6, 6.07) is 21.4. The Morgan fingerprint density at radius 2 is 1.59 bits per heavy atom. The standard InChI is InChI=1S/C29H29NO4/c1-18-17-22(34-5)15-16-23(18)26(31)24-25(19-11-13-20(14-12-19)29(2,3)4)30(28(33)27(24)32)21-9-7-6-8-10-21/h6-17,25,31H,1-5H3/b26-24-. The van der Waals surface area contributed by atoms with Crippen molar-refractivity contribution in [2.45, 2.75) is 39.2 Å². The van der Waals surface area contributed by atoms with Crippen molar-refractivity contribution in [3.8, 4) is 5.75 Å². The van der Waals surface area contributed by atoms with Crippen molar-refractivity contribution in [2.24, 2.45) is 0 Å². The smallest absolute Gasteiger partial charge is 0.300 e. The number of nitrogens with zero attached hydrogens (tertiary/aromatic N) is 1. The molecule has 5 heteroatoms. The molecule has 1 unspecified atom stereocenters. The normalized spacial score (nSPS) is 17.8. The highest BCUT2D eigenvalue weighted by Crippen LogP contribution is 2.43. The van der Waals surface area contributed by atoms with Crippen molar-refractivity contribution in [3.63, 3.8) is 0 Å². The minimum Gasteiger partial charge on any atom is -0.507 e. The van der Waals surface area contributed by atoms with E-state index in [1.54, 1.807) is 37.4 Å². The van der Waals surface area contributed by atoms with Crippen LogP contribution in [0, 0.1) is 6.92 Å². The highest BCUT2D eigenvalue weighted by atomic mass is 16.5. The second-order valence-corrected chi connectivity index (χ2v) is 9.56. The molecule has 0 saturated carbocycles. The highest BCUT2D eigenvalue weighted by Gasteiger charge is 2.47.